The summed E-state index contributed by atoms with van der Waals surface area (Å²) in [5, 5.41) is 17.1. The monoisotopic (exact) mass is 119 g/mol. The molecular weight excluding hydrogens is 106 g/mol. The zero-order valence-corrected chi connectivity index (χ0v) is 5.04. The molecule has 2 unspecified atom stereocenters. The van der Waals surface area contributed by atoms with Crippen LogP contribution in [0.15, 0.2) is 0 Å². The molecule has 0 saturated carbocycles. The highest BCUT2D eigenvalue weighted by Gasteiger charge is 2.09. The van der Waals surface area contributed by atoms with Crippen molar-refractivity contribution in [1.29, 1.82) is 0 Å². The Hall–Kier alpha value is -0.120. The Morgan fingerprint density at radius 3 is 2.25 bits per heavy atom. The van der Waals surface area contributed by atoms with Crippen LogP contribution in [0.4, 0.5) is 0 Å². The molecule has 3 nitrogen and oxygen atoms in total. The van der Waals surface area contributed by atoms with Gasteiger partial charge in [-0.25, -0.2) is 0 Å². The standard InChI is InChI=1S/C5H13NO2/c1-2-4(6)5(8)3-7/h4-5,7-8H,2-3,6H2,1H3. The topological polar surface area (TPSA) is 66.5 Å². The smallest absolute Gasteiger partial charge is 0.0921 e. The molecule has 3 heteroatoms. The predicted octanol–water partition coefficient (Wildman–Crippen LogP) is -0.923. The first-order valence-corrected chi connectivity index (χ1v) is 2.76. The van der Waals surface area contributed by atoms with Gasteiger partial charge in [-0.15, -0.1) is 0 Å². The zero-order valence-electron chi connectivity index (χ0n) is 5.04. The summed E-state index contributed by atoms with van der Waals surface area (Å²) in [6, 6.07) is -0.278. The lowest BCUT2D eigenvalue weighted by Gasteiger charge is -2.12. The molecule has 0 aliphatic rings. The van der Waals surface area contributed by atoms with Crippen molar-refractivity contribution in [3.05, 3.63) is 0 Å². The van der Waals surface area contributed by atoms with Crippen molar-refractivity contribution in [1.82, 2.24) is 0 Å². The van der Waals surface area contributed by atoms with Crippen LogP contribution in [0.5, 0.6) is 0 Å². The van der Waals surface area contributed by atoms with Crippen molar-refractivity contribution in [2.45, 2.75) is 25.5 Å². The van der Waals surface area contributed by atoms with E-state index in [-0.39, 0.29) is 12.6 Å². The van der Waals surface area contributed by atoms with E-state index in [1.807, 2.05) is 6.92 Å². The minimum atomic E-state index is -0.750. The predicted molar refractivity (Wildman–Crippen MR) is 31.4 cm³/mol. The van der Waals surface area contributed by atoms with Gasteiger partial charge in [-0.05, 0) is 6.42 Å². The Morgan fingerprint density at radius 2 is 2.12 bits per heavy atom. The van der Waals surface area contributed by atoms with Crippen LogP contribution in [0.25, 0.3) is 0 Å². The lowest BCUT2D eigenvalue weighted by molar-refractivity contribution is 0.0732. The number of aliphatic hydroxyl groups excluding tert-OH is 2. The van der Waals surface area contributed by atoms with E-state index in [0.717, 1.165) is 0 Å². The van der Waals surface area contributed by atoms with Crippen molar-refractivity contribution in [3.63, 3.8) is 0 Å². The summed E-state index contributed by atoms with van der Waals surface area (Å²) < 4.78 is 0. The highest BCUT2D eigenvalue weighted by molar-refractivity contribution is 4.67. The SMILES string of the molecule is CCC(N)C(O)CO. The Balaban J connectivity index is 3.29. The summed E-state index contributed by atoms with van der Waals surface area (Å²) >= 11 is 0. The lowest BCUT2D eigenvalue weighted by atomic mass is 10.1. The molecule has 50 valence electrons. The fourth-order valence-electron chi connectivity index (χ4n) is 0.407. The van der Waals surface area contributed by atoms with E-state index in [1.165, 1.54) is 0 Å². The van der Waals surface area contributed by atoms with Gasteiger partial charge in [0.1, 0.15) is 0 Å². The van der Waals surface area contributed by atoms with E-state index in [1.54, 1.807) is 0 Å². The van der Waals surface area contributed by atoms with Crippen LogP contribution in [-0.2, 0) is 0 Å². The molecule has 0 aliphatic carbocycles. The third kappa shape index (κ3) is 2.26. The molecule has 0 aromatic carbocycles. The molecule has 0 amide bonds. The van der Waals surface area contributed by atoms with Gasteiger partial charge in [-0.3, -0.25) is 0 Å². The molecule has 0 aromatic heterocycles. The highest BCUT2D eigenvalue weighted by Crippen LogP contribution is 1.92. The summed E-state index contributed by atoms with van der Waals surface area (Å²) in [6.07, 6.45) is -0.0538. The second-order valence-corrected chi connectivity index (χ2v) is 1.82. The van der Waals surface area contributed by atoms with Crippen LogP contribution < -0.4 is 5.73 Å². The summed E-state index contributed by atoms with van der Waals surface area (Å²) in [4.78, 5) is 0. The summed E-state index contributed by atoms with van der Waals surface area (Å²) in [5.41, 5.74) is 5.32. The largest absolute Gasteiger partial charge is 0.394 e. The maximum Gasteiger partial charge on any atom is 0.0921 e. The van der Waals surface area contributed by atoms with Crippen LogP contribution in [0.2, 0.25) is 0 Å². The van der Waals surface area contributed by atoms with E-state index >= 15 is 0 Å². The van der Waals surface area contributed by atoms with Crippen molar-refractivity contribution >= 4 is 0 Å². The fourth-order valence-corrected chi connectivity index (χ4v) is 0.407. The Labute approximate surface area is 49.1 Å². The first-order valence-electron chi connectivity index (χ1n) is 2.76. The summed E-state index contributed by atoms with van der Waals surface area (Å²) in [7, 11) is 0. The third-order valence-corrected chi connectivity index (χ3v) is 1.15. The summed E-state index contributed by atoms with van der Waals surface area (Å²) in [6.45, 7) is 1.62. The minimum absolute atomic E-state index is 0.241. The normalized spacial score (nSPS) is 18.0. The van der Waals surface area contributed by atoms with Gasteiger partial charge in [0.25, 0.3) is 0 Å². The van der Waals surface area contributed by atoms with E-state index in [4.69, 9.17) is 15.9 Å². The molecule has 0 aromatic rings. The number of hydrogen-bond donors (Lipinski definition) is 3. The van der Waals surface area contributed by atoms with Crippen LogP contribution in [0.1, 0.15) is 13.3 Å². The van der Waals surface area contributed by atoms with Crippen molar-refractivity contribution in [2.75, 3.05) is 6.61 Å². The maximum absolute atomic E-state index is 8.75. The van der Waals surface area contributed by atoms with Gasteiger partial charge in [0, 0.05) is 6.04 Å². The molecule has 4 N–H and O–H groups in total. The molecule has 2 atom stereocenters. The molecule has 0 radical (unpaired) electrons. The van der Waals surface area contributed by atoms with E-state index in [9.17, 15) is 0 Å². The van der Waals surface area contributed by atoms with Crippen LogP contribution in [-0.4, -0.2) is 29.0 Å². The van der Waals surface area contributed by atoms with Gasteiger partial charge in [-0.1, -0.05) is 6.92 Å². The van der Waals surface area contributed by atoms with Crippen molar-refractivity contribution in [3.8, 4) is 0 Å². The third-order valence-electron chi connectivity index (χ3n) is 1.15. The zero-order chi connectivity index (χ0) is 6.57. The van der Waals surface area contributed by atoms with Gasteiger partial charge in [0.15, 0.2) is 0 Å². The maximum atomic E-state index is 8.75. The van der Waals surface area contributed by atoms with Crippen LogP contribution in [0, 0.1) is 0 Å². The van der Waals surface area contributed by atoms with Crippen LogP contribution in [0.3, 0.4) is 0 Å². The fraction of sp³-hybridized carbons (Fsp3) is 1.00. The van der Waals surface area contributed by atoms with Crippen molar-refractivity contribution in [2.24, 2.45) is 5.73 Å². The summed E-state index contributed by atoms with van der Waals surface area (Å²) in [5.74, 6) is 0. The number of hydrogen-bond acceptors (Lipinski definition) is 3. The lowest BCUT2D eigenvalue weighted by Crippen LogP contribution is -2.36. The highest BCUT2D eigenvalue weighted by atomic mass is 16.3. The van der Waals surface area contributed by atoms with E-state index in [2.05, 4.69) is 0 Å². The number of nitrogens with two attached hydrogens (primary N) is 1. The first kappa shape index (κ1) is 7.88. The molecular formula is C5H13NO2. The molecule has 0 bridgehead atoms. The van der Waals surface area contributed by atoms with Crippen LogP contribution >= 0.6 is 0 Å². The second kappa shape index (κ2) is 3.83. The second-order valence-electron chi connectivity index (χ2n) is 1.82. The number of rotatable bonds is 3. The Bertz CT molecular complexity index is 50.4. The molecule has 0 saturated heterocycles. The molecule has 0 aliphatic heterocycles. The minimum Gasteiger partial charge on any atom is -0.394 e. The number of aliphatic hydroxyl groups is 2. The Kier molecular flexibility index (Phi) is 3.77. The van der Waals surface area contributed by atoms with E-state index < -0.39 is 6.10 Å². The molecule has 0 fully saturated rings. The first-order chi connectivity index (χ1) is 3.72. The van der Waals surface area contributed by atoms with E-state index in [0.29, 0.717) is 6.42 Å². The molecule has 0 heterocycles. The molecule has 0 spiro atoms. The quantitative estimate of drug-likeness (QED) is 0.450. The van der Waals surface area contributed by atoms with Gasteiger partial charge < -0.3 is 15.9 Å². The molecule has 0 rings (SSSR count). The van der Waals surface area contributed by atoms with Crippen molar-refractivity contribution < 1.29 is 10.2 Å². The average molecular weight is 119 g/mol. The van der Waals surface area contributed by atoms with Gasteiger partial charge in [0.05, 0.1) is 12.7 Å². The molecule has 8 heavy (non-hydrogen) atoms. The van der Waals surface area contributed by atoms with Gasteiger partial charge >= 0.3 is 0 Å². The van der Waals surface area contributed by atoms with Gasteiger partial charge in [0.2, 0.25) is 0 Å². The van der Waals surface area contributed by atoms with Gasteiger partial charge in [-0.2, -0.15) is 0 Å². The average Bonchev–Trinajstić information content (AvgIpc) is 1.84. The Morgan fingerprint density at radius 1 is 1.62 bits per heavy atom.